The topological polar surface area (TPSA) is 32.5 Å². The fourth-order valence-electron chi connectivity index (χ4n) is 3.84. The summed E-state index contributed by atoms with van der Waals surface area (Å²) in [4.78, 5) is 4.60. The highest BCUT2D eigenvalue weighted by molar-refractivity contribution is 5.50. The summed E-state index contributed by atoms with van der Waals surface area (Å²) < 4.78 is 14.0. The minimum absolute atomic E-state index is 0.0881. The summed E-state index contributed by atoms with van der Waals surface area (Å²) in [5.74, 6) is 0.397. The smallest absolute Gasteiger partial charge is 0.146 e. The van der Waals surface area contributed by atoms with Gasteiger partial charge in [-0.1, -0.05) is 12.1 Å². The van der Waals surface area contributed by atoms with E-state index in [1.807, 2.05) is 19.2 Å². The number of nitrogens with zero attached hydrogens (tertiary/aromatic N) is 2. The van der Waals surface area contributed by atoms with Crippen molar-refractivity contribution in [2.24, 2.45) is 11.7 Å². The third-order valence-electron chi connectivity index (χ3n) is 5.13. The number of hydrogen-bond acceptors (Lipinski definition) is 3. The summed E-state index contributed by atoms with van der Waals surface area (Å²) in [5.41, 5.74) is 6.71. The molecule has 0 spiro atoms. The van der Waals surface area contributed by atoms with Crippen molar-refractivity contribution in [1.82, 2.24) is 4.90 Å². The molecule has 4 heteroatoms. The maximum absolute atomic E-state index is 14.0. The zero-order valence-corrected chi connectivity index (χ0v) is 11.5. The summed E-state index contributed by atoms with van der Waals surface area (Å²) >= 11 is 0. The van der Waals surface area contributed by atoms with Gasteiger partial charge in [0.25, 0.3) is 0 Å². The number of fused-ring (bicyclic) bond motifs is 2. The number of rotatable bonds is 3. The fourth-order valence-corrected chi connectivity index (χ4v) is 3.84. The highest BCUT2D eigenvalue weighted by atomic mass is 19.1. The molecule has 2 bridgehead atoms. The number of para-hydroxylation sites is 1. The van der Waals surface area contributed by atoms with Gasteiger partial charge >= 0.3 is 0 Å². The van der Waals surface area contributed by atoms with Crippen molar-refractivity contribution in [3.8, 4) is 0 Å². The van der Waals surface area contributed by atoms with Gasteiger partial charge in [0.1, 0.15) is 5.82 Å². The van der Waals surface area contributed by atoms with Crippen molar-refractivity contribution in [3.05, 3.63) is 30.1 Å². The molecule has 3 rings (SSSR count). The van der Waals surface area contributed by atoms with Crippen LogP contribution in [0, 0.1) is 11.7 Å². The van der Waals surface area contributed by atoms with Gasteiger partial charge < -0.3 is 15.5 Å². The summed E-state index contributed by atoms with van der Waals surface area (Å²) in [7, 11) is 2.00. The molecule has 1 aromatic carbocycles. The van der Waals surface area contributed by atoms with Crippen LogP contribution in [0.15, 0.2) is 24.3 Å². The second-order valence-corrected chi connectivity index (χ2v) is 5.85. The number of hydrogen-bond donors (Lipinski definition) is 1. The molecule has 2 aliphatic rings. The number of nitrogens with two attached hydrogens (primary N) is 1. The van der Waals surface area contributed by atoms with Crippen LogP contribution in [0.2, 0.25) is 0 Å². The summed E-state index contributed by atoms with van der Waals surface area (Å²) in [6.07, 6.45) is 2.20. The van der Waals surface area contributed by atoms with Crippen LogP contribution in [0.25, 0.3) is 0 Å². The number of anilines is 1. The normalized spacial score (nSPS) is 33.4. The first-order valence-electron chi connectivity index (χ1n) is 7.08. The zero-order valence-electron chi connectivity index (χ0n) is 11.5. The minimum atomic E-state index is -0.154. The maximum Gasteiger partial charge on any atom is 0.146 e. The monoisotopic (exact) mass is 263 g/mol. The second kappa shape index (κ2) is 4.76. The van der Waals surface area contributed by atoms with E-state index in [0.29, 0.717) is 18.2 Å². The molecule has 0 aromatic heterocycles. The van der Waals surface area contributed by atoms with Crippen molar-refractivity contribution in [2.75, 3.05) is 38.1 Å². The lowest BCUT2D eigenvalue weighted by molar-refractivity contribution is 0.167. The van der Waals surface area contributed by atoms with Crippen molar-refractivity contribution < 1.29 is 4.39 Å². The molecule has 19 heavy (non-hydrogen) atoms. The van der Waals surface area contributed by atoms with Crippen LogP contribution >= 0.6 is 0 Å². The van der Waals surface area contributed by atoms with Crippen LogP contribution in [0.5, 0.6) is 0 Å². The van der Waals surface area contributed by atoms with Crippen LogP contribution in [-0.4, -0.2) is 43.7 Å². The number of piperidine rings is 1. The number of likely N-dealkylation sites (N-methyl/N-ethyl adjacent to an activating group) is 1. The Balaban J connectivity index is 1.95. The molecule has 0 aliphatic carbocycles. The second-order valence-electron chi connectivity index (χ2n) is 5.85. The van der Waals surface area contributed by atoms with Gasteiger partial charge in [-0.05, 0) is 37.4 Å². The first kappa shape index (κ1) is 12.9. The highest BCUT2D eigenvalue weighted by Gasteiger charge is 2.48. The predicted molar refractivity (Wildman–Crippen MR) is 75.8 cm³/mol. The van der Waals surface area contributed by atoms with E-state index < -0.39 is 0 Å². The lowest BCUT2D eigenvalue weighted by atomic mass is 9.77. The zero-order chi connectivity index (χ0) is 13.5. The average molecular weight is 263 g/mol. The van der Waals surface area contributed by atoms with Crippen molar-refractivity contribution >= 4 is 5.69 Å². The molecular formula is C15H22FN3. The Morgan fingerprint density at radius 3 is 2.95 bits per heavy atom. The van der Waals surface area contributed by atoms with E-state index in [2.05, 4.69) is 9.80 Å². The Labute approximate surface area is 114 Å². The fraction of sp³-hybridized carbons (Fsp3) is 0.600. The molecule has 1 aromatic rings. The summed E-state index contributed by atoms with van der Waals surface area (Å²) in [6, 6.07) is 7.01. The van der Waals surface area contributed by atoms with Crippen molar-refractivity contribution in [1.29, 1.82) is 0 Å². The Morgan fingerprint density at radius 2 is 2.21 bits per heavy atom. The summed E-state index contributed by atoms with van der Waals surface area (Å²) in [5, 5.41) is 0. The minimum Gasteiger partial charge on any atom is -0.365 e. The van der Waals surface area contributed by atoms with Crippen LogP contribution in [0.3, 0.4) is 0 Å². The Morgan fingerprint density at radius 1 is 1.42 bits per heavy atom. The lowest BCUT2D eigenvalue weighted by Crippen LogP contribution is -2.61. The van der Waals surface area contributed by atoms with E-state index in [1.165, 1.54) is 12.5 Å². The van der Waals surface area contributed by atoms with Crippen molar-refractivity contribution in [3.63, 3.8) is 0 Å². The lowest BCUT2D eigenvalue weighted by Gasteiger charge is -2.49. The van der Waals surface area contributed by atoms with Gasteiger partial charge in [0, 0.05) is 26.7 Å². The van der Waals surface area contributed by atoms with E-state index in [1.54, 1.807) is 6.07 Å². The van der Waals surface area contributed by atoms with Crippen LogP contribution in [0.1, 0.15) is 12.8 Å². The molecule has 3 nitrogen and oxygen atoms in total. The van der Waals surface area contributed by atoms with Gasteiger partial charge in [-0.25, -0.2) is 4.39 Å². The van der Waals surface area contributed by atoms with Gasteiger partial charge in [-0.15, -0.1) is 0 Å². The van der Waals surface area contributed by atoms with Gasteiger partial charge in [-0.3, -0.25) is 0 Å². The standard InChI is InChI=1S/C15H22FN3/c1-18(14-5-3-2-4-13(14)16)15(11-17)7-9-19-8-6-12(15)10-19/h2-5,12H,6-11,17H2,1H3. The SMILES string of the molecule is CN(c1ccccc1F)C1(CN)CCN2CCC1C2. The number of benzene rings is 1. The van der Waals surface area contributed by atoms with E-state index in [4.69, 9.17) is 5.73 Å². The highest BCUT2D eigenvalue weighted by Crippen LogP contribution is 2.41. The Bertz CT molecular complexity index is 464. The molecule has 0 radical (unpaired) electrons. The van der Waals surface area contributed by atoms with E-state index in [-0.39, 0.29) is 11.4 Å². The van der Waals surface area contributed by atoms with Gasteiger partial charge in [-0.2, -0.15) is 0 Å². The van der Waals surface area contributed by atoms with E-state index in [0.717, 1.165) is 26.1 Å². The first-order valence-corrected chi connectivity index (χ1v) is 7.08. The van der Waals surface area contributed by atoms with Crippen LogP contribution < -0.4 is 10.6 Å². The molecule has 2 N–H and O–H groups in total. The third kappa shape index (κ3) is 1.94. The Kier molecular flexibility index (Phi) is 3.23. The molecule has 104 valence electrons. The third-order valence-corrected chi connectivity index (χ3v) is 5.13. The molecule has 2 saturated heterocycles. The largest absolute Gasteiger partial charge is 0.365 e. The van der Waals surface area contributed by atoms with Gasteiger partial charge in [0.05, 0.1) is 11.2 Å². The maximum atomic E-state index is 14.0. The number of halogens is 1. The van der Waals surface area contributed by atoms with Crippen LogP contribution in [0.4, 0.5) is 10.1 Å². The Hall–Kier alpha value is -1.13. The first-order chi connectivity index (χ1) is 9.17. The molecule has 2 heterocycles. The van der Waals surface area contributed by atoms with Gasteiger partial charge in [0.2, 0.25) is 0 Å². The average Bonchev–Trinajstić information content (AvgIpc) is 2.83. The molecule has 0 amide bonds. The van der Waals surface area contributed by atoms with Crippen molar-refractivity contribution in [2.45, 2.75) is 18.4 Å². The van der Waals surface area contributed by atoms with E-state index >= 15 is 0 Å². The molecule has 0 saturated carbocycles. The molecular weight excluding hydrogens is 241 g/mol. The molecule has 3 atom stereocenters. The molecule has 2 fully saturated rings. The summed E-state index contributed by atoms with van der Waals surface area (Å²) in [6.45, 7) is 3.94. The van der Waals surface area contributed by atoms with Gasteiger partial charge in [0.15, 0.2) is 0 Å². The van der Waals surface area contributed by atoms with Crippen LogP contribution in [-0.2, 0) is 0 Å². The quantitative estimate of drug-likeness (QED) is 0.900. The predicted octanol–water partition coefficient (Wildman–Crippen LogP) is 1.69. The molecule has 2 aliphatic heterocycles. The molecule has 3 unspecified atom stereocenters. The van der Waals surface area contributed by atoms with E-state index in [9.17, 15) is 4.39 Å².